The highest BCUT2D eigenvalue weighted by molar-refractivity contribution is 7.90. The maximum absolute atomic E-state index is 10.9. The van der Waals surface area contributed by atoms with Gasteiger partial charge in [-0.15, -0.1) is 0 Å². The van der Waals surface area contributed by atoms with Crippen LogP contribution in [0.25, 0.3) is 0 Å². The largest absolute Gasteiger partial charge is 0.397 e. The van der Waals surface area contributed by atoms with Crippen molar-refractivity contribution in [2.24, 2.45) is 5.73 Å². The fourth-order valence-electron chi connectivity index (χ4n) is 1.39. The molecule has 0 aromatic heterocycles. The van der Waals surface area contributed by atoms with Crippen molar-refractivity contribution in [3.05, 3.63) is 42.6 Å². The molecule has 17 heavy (non-hydrogen) atoms. The zero-order valence-electron chi connectivity index (χ0n) is 8.14. The van der Waals surface area contributed by atoms with Crippen LogP contribution in [0.4, 0.5) is 0 Å². The lowest BCUT2D eigenvalue weighted by Crippen LogP contribution is -2.29. The maximum atomic E-state index is 10.9. The summed E-state index contributed by atoms with van der Waals surface area (Å²) >= 11 is 0. The summed E-state index contributed by atoms with van der Waals surface area (Å²) in [4.78, 5) is 18.0. The van der Waals surface area contributed by atoms with E-state index >= 15 is 0 Å². The molecule has 94 valence electrons. The number of nitrogens with zero attached hydrogens (tertiary/aromatic N) is 2. The first-order valence-corrected chi connectivity index (χ1v) is 5.54. The van der Waals surface area contributed by atoms with Gasteiger partial charge in [-0.25, -0.2) is 0 Å². The first-order chi connectivity index (χ1) is 7.64. The van der Waals surface area contributed by atoms with Crippen LogP contribution in [0.2, 0.25) is 0 Å². The molecule has 0 saturated heterocycles. The lowest BCUT2D eigenvalue weighted by atomic mass is 10.0. The third-order valence-corrected chi connectivity index (χ3v) is 3.04. The Hall–Kier alpha value is -2.01. The van der Waals surface area contributed by atoms with Crippen LogP contribution in [-0.4, -0.2) is 28.9 Å². The number of rotatable bonds is 3. The van der Waals surface area contributed by atoms with Gasteiger partial charge >= 0.3 is 10.1 Å². The second-order valence-electron chi connectivity index (χ2n) is 3.19. The van der Waals surface area contributed by atoms with E-state index in [1.807, 2.05) is 0 Å². The van der Waals surface area contributed by atoms with Gasteiger partial charge in [0.05, 0.1) is 10.6 Å². The molecule has 1 aliphatic rings. The van der Waals surface area contributed by atoms with E-state index in [1.165, 1.54) is 0 Å². The van der Waals surface area contributed by atoms with Crippen molar-refractivity contribution in [1.82, 2.24) is 0 Å². The summed E-state index contributed by atoms with van der Waals surface area (Å²) in [6, 6.07) is -1.49. The molecule has 0 heterocycles. The molecule has 11 heteroatoms. The lowest BCUT2D eigenvalue weighted by molar-refractivity contribution is -0.518. The molecule has 0 amide bonds. The molecule has 1 rings (SSSR count). The minimum atomic E-state index is -4.90. The lowest BCUT2D eigenvalue weighted by Gasteiger charge is -2.13. The highest BCUT2D eigenvalue weighted by Gasteiger charge is 2.39. The molecule has 0 aromatic rings. The molecule has 3 N–H and O–H groups in total. The number of hydrogen-bond donors (Lipinski definition) is 2. The van der Waals surface area contributed by atoms with Crippen LogP contribution in [-0.2, 0) is 10.1 Å². The second kappa shape index (κ2) is 4.10. The second-order valence-corrected chi connectivity index (χ2v) is 4.55. The van der Waals surface area contributed by atoms with Crippen molar-refractivity contribution in [2.45, 2.75) is 12.5 Å². The van der Waals surface area contributed by atoms with Gasteiger partial charge in [0, 0.05) is 11.0 Å². The Morgan fingerprint density at radius 1 is 1.41 bits per heavy atom. The zero-order valence-corrected chi connectivity index (χ0v) is 8.96. The molecular formula is C6H7N3O7S. The average molecular weight is 265 g/mol. The Bertz CT molecular complexity index is 546. The highest BCUT2D eigenvalue weighted by atomic mass is 32.2. The molecule has 0 aromatic carbocycles. The average Bonchev–Trinajstić information content (AvgIpc) is 2.13. The van der Waals surface area contributed by atoms with Gasteiger partial charge < -0.3 is 5.73 Å². The molecule has 1 atom stereocenters. The van der Waals surface area contributed by atoms with Crippen LogP contribution in [0.1, 0.15) is 6.42 Å². The number of nitrogens with two attached hydrogens (primary N) is 1. The summed E-state index contributed by atoms with van der Waals surface area (Å²) in [5.41, 5.74) is 3.48. The van der Waals surface area contributed by atoms with Gasteiger partial charge in [0.2, 0.25) is 6.04 Å². The summed E-state index contributed by atoms with van der Waals surface area (Å²) in [7, 11) is -4.90. The molecule has 0 radical (unpaired) electrons. The predicted octanol–water partition coefficient (Wildman–Crippen LogP) is -0.746. The van der Waals surface area contributed by atoms with Crippen molar-refractivity contribution in [1.29, 1.82) is 0 Å². The smallest absolute Gasteiger partial charge is 0.303 e. The summed E-state index contributed by atoms with van der Waals surface area (Å²) in [6.45, 7) is 0. The summed E-state index contributed by atoms with van der Waals surface area (Å²) in [5, 5.41) is 21.1. The van der Waals surface area contributed by atoms with E-state index in [2.05, 4.69) is 0 Å². The van der Waals surface area contributed by atoms with Gasteiger partial charge in [-0.1, -0.05) is 0 Å². The van der Waals surface area contributed by atoms with E-state index < -0.39 is 48.7 Å². The monoisotopic (exact) mass is 265 g/mol. The molecule has 0 aliphatic heterocycles. The fraction of sp³-hybridized carbons (Fsp3) is 0.333. The molecule has 10 nitrogen and oxygen atoms in total. The van der Waals surface area contributed by atoms with Crippen LogP contribution < -0.4 is 5.73 Å². The standard InChI is InChI=1S/C6H7N3O7S/c7-4-1-3(8(10)11)2-5(9(12)13)6(4)17(14,15)16/h1,3H,2,7H2,(H,14,15,16). The van der Waals surface area contributed by atoms with Crippen LogP contribution in [0.5, 0.6) is 0 Å². The topological polar surface area (TPSA) is 167 Å². The van der Waals surface area contributed by atoms with Gasteiger partial charge in [-0.3, -0.25) is 24.8 Å². The Morgan fingerprint density at radius 3 is 2.29 bits per heavy atom. The van der Waals surface area contributed by atoms with Crippen molar-refractivity contribution >= 4 is 10.1 Å². The van der Waals surface area contributed by atoms with Crippen molar-refractivity contribution in [3.8, 4) is 0 Å². The third kappa shape index (κ3) is 2.57. The normalized spacial score (nSPS) is 21.0. The van der Waals surface area contributed by atoms with E-state index in [4.69, 9.17) is 10.3 Å². The van der Waals surface area contributed by atoms with E-state index in [0.717, 1.165) is 6.08 Å². The number of hydrogen-bond acceptors (Lipinski definition) is 7. The van der Waals surface area contributed by atoms with Gasteiger partial charge in [0.1, 0.15) is 6.42 Å². The molecule has 0 saturated carbocycles. The molecule has 0 fully saturated rings. The summed E-state index contributed by atoms with van der Waals surface area (Å²) < 4.78 is 30.6. The van der Waals surface area contributed by atoms with Gasteiger partial charge in [0.25, 0.3) is 5.70 Å². The summed E-state index contributed by atoms with van der Waals surface area (Å²) in [6.07, 6.45) is -0.00801. The molecule has 1 unspecified atom stereocenters. The predicted molar refractivity (Wildman–Crippen MR) is 53.2 cm³/mol. The van der Waals surface area contributed by atoms with Crippen LogP contribution in [0.15, 0.2) is 22.4 Å². The molecule has 1 aliphatic carbocycles. The molecule has 0 spiro atoms. The van der Waals surface area contributed by atoms with Crippen LogP contribution >= 0.6 is 0 Å². The van der Waals surface area contributed by atoms with Gasteiger partial charge in [0.15, 0.2) is 4.91 Å². The fourth-order valence-corrected chi connectivity index (χ4v) is 2.21. The van der Waals surface area contributed by atoms with Crippen molar-refractivity contribution < 1.29 is 22.8 Å². The molecule has 0 bridgehead atoms. The van der Waals surface area contributed by atoms with E-state index in [9.17, 15) is 28.6 Å². The van der Waals surface area contributed by atoms with Crippen LogP contribution in [0.3, 0.4) is 0 Å². The van der Waals surface area contributed by atoms with E-state index in [1.54, 1.807) is 0 Å². The van der Waals surface area contributed by atoms with Crippen molar-refractivity contribution in [2.75, 3.05) is 0 Å². The first-order valence-electron chi connectivity index (χ1n) is 4.10. The van der Waals surface area contributed by atoms with Crippen molar-refractivity contribution in [3.63, 3.8) is 0 Å². The maximum Gasteiger partial charge on any atom is 0.303 e. The van der Waals surface area contributed by atoms with E-state index in [-0.39, 0.29) is 0 Å². The highest BCUT2D eigenvalue weighted by Crippen LogP contribution is 2.27. The molecular weight excluding hydrogens is 258 g/mol. The Kier molecular flexibility index (Phi) is 3.15. The quantitative estimate of drug-likeness (QED) is 0.382. The Morgan fingerprint density at radius 2 is 1.94 bits per heavy atom. The SMILES string of the molecule is NC1=CC([N+](=O)[O-])CC([N+](=O)[O-])=C1S(=O)(=O)O. The Balaban J connectivity index is 3.42. The zero-order chi connectivity index (χ0) is 13.4. The third-order valence-electron chi connectivity index (χ3n) is 2.05. The van der Waals surface area contributed by atoms with Gasteiger partial charge in [-0.2, -0.15) is 8.42 Å². The Labute approximate surface area is 94.5 Å². The van der Waals surface area contributed by atoms with E-state index in [0.29, 0.717) is 0 Å². The first kappa shape index (κ1) is 13.1. The minimum absolute atomic E-state index is 0.702. The van der Waals surface area contributed by atoms with Crippen LogP contribution in [0, 0.1) is 20.2 Å². The minimum Gasteiger partial charge on any atom is -0.397 e. The van der Waals surface area contributed by atoms with Gasteiger partial charge in [-0.05, 0) is 0 Å². The number of nitro groups is 2. The summed E-state index contributed by atoms with van der Waals surface area (Å²) in [5.74, 6) is 0.